The number of thiophene rings is 1. The summed E-state index contributed by atoms with van der Waals surface area (Å²) in [7, 11) is 0. The Hall–Kier alpha value is -2.45. The number of thioether (sulfide) groups is 1. The average Bonchev–Trinajstić information content (AvgIpc) is 3.12. The third-order valence-electron chi connectivity index (χ3n) is 3.65. The number of hydrogen-bond donors (Lipinski definition) is 0. The second-order valence-corrected chi connectivity index (χ2v) is 7.33. The molecule has 0 atom stereocenters. The van der Waals surface area contributed by atoms with Gasteiger partial charge in [-0.1, -0.05) is 42.1 Å². The molecule has 3 aromatic rings. The monoisotopic (exact) mass is 402 g/mol. The first-order valence-electron chi connectivity index (χ1n) is 8.43. The fraction of sp³-hybridized carbons (Fsp3) is 0.263. The summed E-state index contributed by atoms with van der Waals surface area (Å²) in [5.74, 6) is -1.27. The summed E-state index contributed by atoms with van der Waals surface area (Å²) in [6.45, 7) is 3.75. The molecule has 0 aliphatic carbocycles. The van der Waals surface area contributed by atoms with Gasteiger partial charge in [0.25, 0.3) is 0 Å². The number of hydrogen-bond acceptors (Lipinski definition) is 8. The highest BCUT2D eigenvalue weighted by atomic mass is 32.2. The van der Waals surface area contributed by atoms with Crippen molar-refractivity contribution in [2.75, 3.05) is 13.2 Å². The van der Waals surface area contributed by atoms with E-state index in [2.05, 4.69) is 9.97 Å². The van der Waals surface area contributed by atoms with Crippen molar-refractivity contribution in [2.45, 2.75) is 24.1 Å². The largest absolute Gasteiger partial charge is 0.465 e. The molecule has 0 N–H and O–H groups in total. The van der Waals surface area contributed by atoms with E-state index in [0.717, 1.165) is 33.1 Å². The molecule has 2 aromatic heterocycles. The number of aromatic nitrogens is 2. The van der Waals surface area contributed by atoms with Gasteiger partial charge in [-0.3, -0.25) is 9.59 Å². The highest BCUT2D eigenvalue weighted by Crippen LogP contribution is 2.39. The van der Waals surface area contributed by atoms with E-state index >= 15 is 0 Å². The molecule has 0 amide bonds. The first-order chi connectivity index (χ1) is 13.2. The van der Waals surface area contributed by atoms with Crippen LogP contribution in [0, 0.1) is 0 Å². The summed E-state index contributed by atoms with van der Waals surface area (Å²) in [4.78, 5) is 34.1. The lowest BCUT2D eigenvalue weighted by molar-refractivity contribution is -0.152. The van der Waals surface area contributed by atoms with Crippen LogP contribution < -0.4 is 0 Å². The molecule has 0 aliphatic heterocycles. The SMILES string of the molecule is CCOC(=O)C(Sc1ncnc2scc(-c3ccccc3)c12)C(=O)OCC. The van der Waals surface area contributed by atoms with E-state index in [1.807, 2.05) is 35.7 Å². The molecular formula is C19H18N2O4S2. The molecule has 0 saturated carbocycles. The molecule has 0 aliphatic rings. The lowest BCUT2D eigenvalue weighted by atomic mass is 10.1. The number of rotatable bonds is 7. The highest BCUT2D eigenvalue weighted by Gasteiger charge is 2.32. The smallest absolute Gasteiger partial charge is 0.331 e. The van der Waals surface area contributed by atoms with Crippen molar-refractivity contribution in [3.05, 3.63) is 42.0 Å². The van der Waals surface area contributed by atoms with Crippen molar-refractivity contribution in [1.82, 2.24) is 9.97 Å². The van der Waals surface area contributed by atoms with Gasteiger partial charge < -0.3 is 9.47 Å². The molecule has 2 heterocycles. The van der Waals surface area contributed by atoms with Gasteiger partial charge in [-0.25, -0.2) is 9.97 Å². The van der Waals surface area contributed by atoms with Crippen molar-refractivity contribution < 1.29 is 19.1 Å². The first-order valence-corrected chi connectivity index (χ1v) is 10.2. The van der Waals surface area contributed by atoms with Gasteiger partial charge in [0.1, 0.15) is 16.2 Å². The molecule has 8 heteroatoms. The minimum atomic E-state index is -1.13. The first kappa shape index (κ1) is 19.3. The highest BCUT2D eigenvalue weighted by molar-refractivity contribution is 8.01. The molecule has 3 rings (SSSR count). The summed E-state index contributed by atoms with van der Waals surface area (Å²) in [5.41, 5.74) is 1.98. The Bertz CT molecular complexity index is 925. The van der Waals surface area contributed by atoms with E-state index in [-0.39, 0.29) is 13.2 Å². The quantitative estimate of drug-likeness (QED) is 0.256. The molecule has 6 nitrogen and oxygen atoms in total. The van der Waals surface area contributed by atoms with Crippen molar-refractivity contribution >= 4 is 45.3 Å². The molecule has 0 fully saturated rings. The van der Waals surface area contributed by atoms with Crippen LogP contribution in [0.25, 0.3) is 21.3 Å². The molecule has 0 radical (unpaired) electrons. The lowest BCUT2D eigenvalue weighted by Gasteiger charge is -2.14. The fourth-order valence-electron chi connectivity index (χ4n) is 2.51. The number of nitrogens with zero attached hydrogens (tertiary/aromatic N) is 2. The van der Waals surface area contributed by atoms with Crippen molar-refractivity contribution in [3.8, 4) is 11.1 Å². The molecule has 140 valence electrons. The van der Waals surface area contributed by atoms with Crippen LogP contribution in [0.15, 0.2) is 47.1 Å². The standard InChI is InChI=1S/C19H18N2O4S2/c1-3-24-18(22)15(19(23)25-4-2)27-17-14-13(12-8-6-5-7-9-12)10-26-16(14)20-11-21-17/h5-11,15H,3-4H2,1-2H3. The summed E-state index contributed by atoms with van der Waals surface area (Å²) in [6.07, 6.45) is 1.43. The minimum absolute atomic E-state index is 0.183. The molecule has 0 unspecified atom stereocenters. The predicted octanol–water partition coefficient (Wildman–Crippen LogP) is 3.95. The van der Waals surface area contributed by atoms with Crippen molar-refractivity contribution in [1.29, 1.82) is 0 Å². The van der Waals surface area contributed by atoms with E-state index in [1.54, 1.807) is 13.8 Å². The number of benzene rings is 1. The number of carbonyl (C=O) groups is 2. The summed E-state index contributed by atoms with van der Waals surface area (Å²) < 4.78 is 10.1. The van der Waals surface area contributed by atoms with Gasteiger partial charge in [-0.15, -0.1) is 11.3 Å². The molecule has 0 spiro atoms. The lowest BCUT2D eigenvalue weighted by Crippen LogP contribution is -2.31. The number of carbonyl (C=O) groups excluding carboxylic acids is 2. The Kier molecular flexibility index (Phi) is 6.41. The van der Waals surface area contributed by atoms with Crippen LogP contribution in [-0.2, 0) is 19.1 Å². The zero-order chi connectivity index (χ0) is 19.2. The maximum absolute atomic E-state index is 12.3. The minimum Gasteiger partial charge on any atom is -0.465 e. The van der Waals surface area contributed by atoms with Crippen LogP contribution >= 0.6 is 23.1 Å². The van der Waals surface area contributed by atoms with Crippen LogP contribution in [0.2, 0.25) is 0 Å². The van der Waals surface area contributed by atoms with Gasteiger partial charge in [0.2, 0.25) is 5.25 Å². The van der Waals surface area contributed by atoms with Crippen LogP contribution in [0.5, 0.6) is 0 Å². The molecule has 27 heavy (non-hydrogen) atoms. The van der Waals surface area contributed by atoms with E-state index < -0.39 is 17.2 Å². The van der Waals surface area contributed by atoms with E-state index in [4.69, 9.17) is 9.47 Å². The van der Waals surface area contributed by atoms with Gasteiger partial charge in [-0.2, -0.15) is 0 Å². The average molecular weight is 402 g/mol. The second kappa shape index (κ2) is 8.96. The molecule has 0 saturated heterocycles. The molecular weight excluding hydrogens is 384 g/mol. The third-order valence-corrected chi connectivity index (χ3v) is 5.69. The van der Waals surface area contributed by atoms with Crippen LogP contribution in [0.3, 0.4) is 0 Å². The maximum atomic E-state index is 12.3. The van der Waals surface area contributed by atoms with Crippen LogP contribution in [0.1, 0.15) is 13.8 Å². The number of ether oxygens (including phenoxy) is 2. The van der Waals surface area contributed by atoms with Gasteiger partial charge in [-0.05, 0) is 19.4 Å². The zero-order valence-electron chi connectivity index (χ0n) is 14.9. The number of esters is 2. The van der Waals surface area contributed by atoms with Gasteiger partial charge in [0.05, 0.1) is 18.6 Å². The summed E-state index contributed by atoms with van der Waals surface area (Å²) in [6, 6.07) is 9.85. The normalized spacial score (nSPS) is 10.9. The van der Waals surface area contributed by atoms with Crippen LogP contribution in [0.4, 0.5) is 0 Å². The molecule has 0 bridgehead atoms. The topological polar surface area (TPSA) is 78.4 Å². The third kappa shape index (κ3) is 4.28. The van der Waals surface area contributed by atoms with E-state index in [1.165, 1.54) is 17.7 Å². The van der Waals surface area contributed by atoms with E-state index in [9.17, 15) is 9.59 Å². The summed E-state index contributed by atoms with van der Waals surface area (Å²) >= 11 is 2.52. The van der Waals surface area contributed by atoms with Crippen molar-refractivity contribution in [2.24, 2.45) is 0 Å². The van der Waals surface area contributed by atoms with Crippen molar-refractivity contribution in [3.63, 3.8) is 0 Å². The van der Waals surface area contributed by atoms with Crippen LogP contribution in [-0.4, -0.2) is 40.4 Å². The Morgan fingerprint density at radius 2 is 1.74 bits per heavy atom. The maximum Gasteiger partial charge on any atom is 0.331 e. The second-order valence-electron chi connectivity index (χ2n) is 5.38. The zero-order valence-corrected chi connectivity index (χ0v) is 16.5. The number of fused-ring (bicyclic) bond motifs is 1. The fourth-order valence-corrected chi connectivity index (χ4v) is 4.47. The predicted molar refractivity (Wildman–Crippen MR) is 106 cm³/mol. The molecule has 1 aromatic carbocycles. The Morgan fingerprint density at radius 3 is 2.37 bits per heavy atom. The van der Waals surface area contributed by atoms with Gasteiger partial charge in [0.15, 0.2) is 0 Å². The Labute approximate surface area is 164 Å². The van der Waals surface area contributed by atoms with Gasteiger partial charge >= 0.3 is 11.9 Å². The Balaban J connectivity index is 2.03. The summed E-state index contributed by atoms with van der Waals surface area (Å²) in [5, 5.41) is 2.23. The van der Waals surface area contributed by atoms with Gasteiger partial charge in [0, 0.05) is 10.9 Å². The van der Waals surface area contributed by atoms with E-state index in [0.29, 0.717) is 5.03 Å². The Morgan fingerprint density at radius 1 is 1.07 bits per heavy atom.